The second-order valence-corrected chi connectivity index (χ2v) is 5.43. The number of nitrogens with zero attached hydrogens (tertiary/aromatic N) is 1. The maximum absolute atomic E-state index is 10.8. The summed E-state index contributed by atoms with van der Waals surface area (Å²) < 4.78 is 5.24. The molecule has 0 radical (unpaired) electrons. The lowest BCUT2D eigenvalue weighted by Gasteiger charge is -2.09. The molecule has 0 saturated carbocycles. The van der Waals surface area contributed by atoms with Gasteiger partial charge in [-0.25, -0.2) is 0 Å². The standard InChI is InChI=1S/C16H13NO3S/c1-20-15-9-14(7-4-12(15)8-16(18)19)21-13-5-2-11(10-17)3-6-13/h2-7,9H,8H2,1H3,(H,18,19). The van der Waals surface area contributed by atoms with Gasteiger partial charge in [0.25, 0.3) is 0 Å². The van der Waals surface area contributed by atoms with Crippen LogP contribution in [0.4, 0.5) is 0 Å². The summed E-state index contributed by atoms with van der Waals surface area (Å²) in [5, 5.41) is 17.6. The van der Waals surface area contributed by atoms with Gasteiger partial charge in [-0.3, -0.25) is 4.79 Å². The summed E-state index contributed by atoms with van der Waals surface area (Å²) in [5.41, 5.74) is 1.27. The van der Waals surface area contributed by atoms with Gasteiger partial charge in [-0.2, -0.15) is 5.26 Å². The molecule has 0 bridgehead atoms. The molecule has 5 heteroatoms. The Bertz CT molecular complexity index is 690. The van der Waals surface area contributed by atoms with E-state index in [1.54, 1.807) is 18.2 Å². The fraction of sp³-hybridized carbons (Fsp3) is 0.125. The third kappa shape index (κ3) is 4.01. The van der Waals surface area contributed by atoms with Crippen LogP contribution in [0.2, 0.25) is 0 Å². The Morgan fingerprint density at radius 1 is 1.24 bits per heavy atom. The van der Waals surface area contributed by atoms with Crippen molar-refractivity contribution in [1.29, 1.82) is 5.26 Å². The molecule has 2 aromatic rings. The first kappa shape index (κ1) is 14.9. The number of carboxylic acid groups (broad SMARTS) is 1. The fourth-order valence-corrected chi connectivity index (χ4v) is 2.68. The molecule has 0 heterocycles. The van der Waals surface area contributed by atoms with Crippen molar-refractivity contribution in [1.82, 2.24) is 0 Å². The predicted octanol–water partition coefficient (Wildman–Crippen LogP) is 3.35. The lowest BCUT2D eigenvalue weighted by Crippen LogP contribution is -2.02. The highest BCUT2D eigenvalue weighted by Crippen LogP contribution is 2.32. The van der Waals surface area contributed by atoms with E-state index in [9.17, 15) is 4.79 Å². The quantitative estimate of drug-likeness (QED) is 0.916. The number of rotatable bonds is 5. The fourth-order valence-electron chi connectivity index (χ4n) is 1.83. The van der Waals surface area contributed by atoms with Gasteiger partial charge < -0.3 is 9.84 Å². The summed E-state index contributed by atoms with van der Waals surface area (Å²) in [6.45, 7) is 0. The highest BCUT2D eigenvalue weighted by atomic mass is 32.2. The van der Waals surface area contributed by atoms with Gasteiger partial charge in [0, 0.05) is 15.4 Å². The molecule has 0 aromatic heterocycles. The van der Waals surface area contributed by atoms with Gasteiger partial charge in [-0.15, -0.1) is 0 Å². The van der Waals surface area contributed by atoms with Crippen LogP contribution in [-0.2, 0) is 11.2 Å². The number of hydrogen-bond donors (Lipinski definition) is 1. The molecule has 21 heavy (non-hydrogen) atoms. The highest BCUT2D eigenvalue weighted by Gasteiger charge is 2.09. The number of carboxylic acids is 1. The summed E-state index contributed by atoms with van der Waals surface area (Å²) in [6, 6.07) is 14.8. The summed E-state index contributed by atoms with van der Waals surface area (Å²) in [5.74, 6) is -0.322. The molecule has 0 unspecified atom stereocenters. The number of nitriles is 1. The highest BCUT2D eigenvalue weighted by molar-refractivity contribution is 7.99. The molecule has 0 saturated heterocycles. The van der Waals surface area contributed by atoms with Crippen molar-refractivity contribution in [2.45, 2.75) is 16.2 Å². The Morgan fingerprint density at radius 2 is 1.90 bits per heavy atom. The summed E-state index contributed by atoms with van der Waals surface area (Å²) in [6.07, 6.45) is -0.0645. The van der Waals surface area contributed by atoms with E-state index in [1.807, 2.05) is 24.3 Å². The van der Waals surface area contributed by atoms with Gasteiger partial charge in [0.2, 0.25) is 0 Å². The van der Waals surface area contributed by atoms with E-state index in [0.717, 1.165) is 9.79 Å². The molecule has 0 atom stereocenters. The third-order valence-electron chi connectivity index (χ3n) is 2.82. The zero-order valence-corrected chi connectivity index (χ0v) is 12.2. The number of aliphatic carboxylic acids is 1. The number of hydrogen-bond acceptors (Lipinski definition) is 4. The Morgan fingerprint density at radius 3 is 2.48 bits per heavy atom. The Kier molecular flexibility index (Phi) is 4.85. The average molecular weight is 299 g/mol. The Labute approximate surface area is 127 Å². The molecule has 2 aromatic carbocycles. The predicted molar refractivity (Wildman–Crippen MR) is 79.6 cm³/mol. The van der Waals surface area contributed by atoms with Gasteiger partial charge in [0.15, 0.2) is 0 Å². The number of carbonyl (C=O) groups is 1. The van der Waals surface area contributed by atoms with E-state index in [2.05, 4.69) is 6.07 Å². The van der Waals surface area contributed by atoms with Crippen molar-refractivity contribution in [3.8, 4) is 11.8 Å². The first-order valence-corrected chi connectivity index (χ1v) is 7.00. The van der Waals surface area contributed by atoms with Gasteiger partial charge >= 0.3 is 5.97 Å². The van der Waals surface area contributed by atoms with Crippen molar-refractivity contribution >= 4 is 17.7 Å². The normalized spacial score (nSPS) is 9.90. The first-order chi connectivity index (χ1) is 10.1. The molecule has 0 amide bonds. The molecule has 1 N–H and O–H groups in total. The van der Waals surface area contributed by atoms with Crippen molar-refractivity contribution in [3.63, 3.8) is 0 Å². The lowest BCUT2D eigenvalue weighted by atomic mass is 10.1. The molecular formula is C16H13NO3S. The maximum Gasteiger partial charge on any atom is 0.307 e. The summed E-state index contributed by atoms with van der Waals surface area (Å²) in [4.78, 5) is 12.7. The van der Waals surface area contributed by atoms with E-state index in [1.165, 1.54) is 18.9 Å². The zero-order chi connectivity index (χ0) is 15.2. The van der Waals surface area contributed by atoms with Crippen LogP contribution < -0.4 is 4.74 Å². The Hall–Kier alpha value is -2.45. The van der Waals surface area contributed by atoms with Gasteiger partial charge in [-0.05, 0) is 36.4 Å². The zero-order valence-electron chi connectivity index (χ0n) is 11.4. The molecule has 0 spiro atoms. The second-order valence-electron chi connectivity index (χ2n) is 4.28. The van der Waals surface area contributed by atoms with Crippen LogP contribution in [0.1, 0.15) is 11.1 Å². The van der Waals surface area contributed by atoms with Gasteiger partial charge in [-0.1, -0.05) is 17.8 Å². The second kappa shape index (κ2) is 6.82. The van der Waals surface area contributed by atoms with Crippen LogP contribution in [0, 0.1) is 11.3 Å². The van der Waals surface area contributed by atoms with Crippen molar-refractivity contribution in [2.24, 2.45) is 0 Å². The van der Waals surface area contributed by atoms with Crippen LogP contribution in [0.5, 0.6) is 5.75 Å². The van der Waals surface area contributed by atoms with E-state index in [4.69, 9.17) is 15.1 Å². The number of benzene rings is 2. The lowest BCUT2D eigenvalue weighted by molar-refractivity contribution is -0.136. The van der Waals surface area contributed by atoms with Crippen LogP contribution in [0.3, 0.4) is 0 Å². The van der Waals surface area contributed by atoms with Gasteiger partial charge in [0.1, 0.15) is 5.75 Å². The number of ether oxygens (including phenoxy) is 1. The van der Waals surface area contributed by atoms with E-state index in [-0.39, 0.29) is 6.42 Å². The van der Waals surface area contributed by atoms with E-state index < -0.39 is 5.97 Å². The molecule has 0 aliphatic carbocycles. The van der Waals surface area contributed by atoms with Crippen LogP contribution >= 0.6 is 11.8 Å². The smallest absolute Gasteiger partial charge is 0.307 e. The molecule has 0 fully saturated rings. The molecule has 0 aliphatic heterocycles. The van der Waals surface area contributed by atoms with Crippen molar-refractivity contribution in [2.75, 3.05) is 7.11 Å². The maximum atomic E-state index is 10.8. The molecule has 4 nitrogen and oxygen atoms in total. The minimum absolute atomic E-state index is 0.0645. The van der Waals surface area contributed by atoms with Crippen LogP contribution in [0.25, 0.3) is 0 Å². The Balaban J connectivity index is 2.20. The van der Waals surface area contributed by atoms with Crippen LogP contribution in [0.15, 0.2) is 52.3 Å². The van der Waals surface area contributed by atoms with Crippen LogP contribution in [-0.4, -0.2) is 18.2 Å². The minimum atomic E-state index is -0.888. The summed E-state index contributed by atoms with van der Waals surface area (Å²) >= 11 is 1.53. The molecule has 0 aliphatic rings. The average Bonchev–Trinajstić information content (AvgIpc) is 2.49. The third-order valence-corrected chi connectivity index (χ3v) is 3.82. The van der Waals surface area contributed by atoms with Gasteiger partial charge in [0.05, 0.1) is 25.2 Å². The molecule has 106 valence electrons. The van der Waals surface area contributed by atoms with Crippen molar-refractivity contribution in [3.05, 3.63) is 53.6 Å². The largest absolute Gasteiger partial charge is 0.496 e. The first-order valence-electron chi connectivity index (χ1n) is 6.19. The van der Waals surface area contributed by atoms with E-state index in [0.29, 0.717) is 16.9 Å². The molecule has 2 rings (SSSR count). The monoisotopic (exact) mass is 299 g/mol. The topological polar surface area (TPSA) is 70.3 Å². The molecular weight excluding hydrogens is 286 g/mol. The van der Waals surface area contributed by atoms with Crippen molar-refractivity contribution < 1.29 is 14.6 Å². The number of methoxy groups -OCH3 is 1. The SMILES string of the molecule is COc1cc(Sc2ccc(C#N)cc2)ccc1CC(=O)O. The minimum Gasteiger partial charge on any atom is -0.496 e. The van der Waals surface area contributed by atoms with E-state index >= 15 is 0 Å². The summed E-state index contributed by atoms with van der Waals surface area (Å²) in [7, 11) is 1.52.